The first-order valence-electron chi connectivity index (χ1n) is 44.1. The molecule has 0 bridgehead atoms. The van der Waals surface area contributed by atoms with Gasteiger partial charge in [0.1, 0.15) is 0 Å². The molecule has 15 rings (SSSR count). The second-order valence-electron chi connectivity index (χ2n) is 37.8. The molecule has 6 aromatic heterocycles. The van der Waals surface area contributed by atoms with Crippen molar-refractivity contribution in [2.24, 2.45) is 35.5 Å². The van der Waals surface area contributed by atoms with E-state index in [0.29, 0.717) is 35.5 Å². The van der Waals surface area contributed by atoms with Crippen molar-refractivity contribution in [2.75, 3.05) is 0 Å². The van der Waals surface area contributed by atoms with Gasteiger partial charge in [0.15, 0.2) is 0 Å². The Hall–Kier alpha value is -8.05. The van der Waals surface area contributed by atoms with Crippen molar-refractivity contribution < 1.29 is 68.1 Å². The standard InChI is InChI=1S/C21H27BNO2.C15H15BrN.4C15H16N.C12H24B2O4.2Ir/c1-15(2)12-16-10-11-23-19(13-16)17-8-7-9-18(14-17)22-24-20(3,4)21(5,6)25-22;1-11(2)8-12-6-7-17-15(9-12)13-4-3-5-14(16)10-13;4*1-12(2)10-13-8-9-16-15(11-13)14-6-4-3-5-7-14;1-9(2)10(3,4)16-13(15-9)14-17-11(5,6)12(7,8)18-14;;/h7,9-11,13-15H,12H2,1-6H3;3,5-7,9-11H,8H2,1-2H3;4*3-6,8-9,11-12H,10H2,1-2H3;1-8H3;;/q6*-1;;2*+3. The number of benzene rings is 6. The van der Waals surface area contributed by atoms with Crippen LogP contribution in [-0.2, 0) is 107 Å². The van der Waals surface area contributed by atoms with Crippen LogP contribution in [0, 0.1) is 71.9 Å². The molecule has 126 heavy (non-hydrogen) atoms. The maximum atomic E-state index is 6.16. The molecule has 3 saturated heterocycles. The van der Waals surface area contributed by atoms with Crippen molar-refractivity contribution in [3.8, 4) is 67.5 Å². The largest absolute Gasteiger partial charge is 3.00 e. The molecule has 0 radical (unpaired) electrons. The van der Waals surface area contributed by atoms with E-state index in [1.165, 1.54) is 33.4 Å². The van der Waals surface area contributed by atoms with E-state index in [2.05, 4.69) is 272 Å². The number of pyridine rings is 6. The molecule has 0 saturated carbocycles. The number of nitrogens with zero attached hydrogens (tertiary/aromatic N) is 6. The Bertz CT molecular complexity index is 4800. The molecule has 0 aliphatic carbocycles. The Morgan fingerprint density at radius 1 is 0.262 bits per heavy atom. The Morgan fingerprint density at radius 2 is 0.476 bits per heavy atom. The normalized spacial score (nSPS) is 15.2. The van der Waals surface area contributed by atoms with Crippen LogP contribution < -0.4 is 5.46 Å². The fraction of sp³-hybridized carbons (Fsp3) is 0.389. The molecule has 12 aromatic rings. The number of hydrogen-bond acceptors (Lipinski definition) is 12. The molecule has 0 spiro atoms. The maximum Gasteiger partial charge on any atom is 3.00 e. The number of aromatic nitrogens is 6. The summed E-state index contributed by atoms with van der Waals surface area (Å²) in [5.74, 6) is 3.99. The number of halogens is 1. The van der Waals surface area contributed by atoms with Crippen molar-refractivity contribution in [3.05, 3.63) is 318 Å². The first kappa shape index (κ1) is 105. The third-order valence-electron chi connectivity index (χ3n) is 22.2. The van der Waals surface area contributed by atoms with Crippen LogP contribution >= 0.6 is 15.9 Å². The van der Waals surface area contributed by atoms with Gasteiger partial charge in [0.25, 0.3) is 0 Å². The van der Waals surface area contributed by atoms with Gasteiger partial charge in [-0.1, -0.05) is 173 Å². The van der Waals surface area contributed by atoms with Crippen LogP contribution in [0.2, 0.25) is 0 Å². The molecule has 6 aromatic carbocycles. The SMILES string of the molecule is CC(C)Cc1ccnc(-c2[c-]ccc(B3OC(C)(C)C(C)(C)O3)c2)c1.CC(C)Cc1ccnc(-c2[c-]ccc(Br)c2)c1.CC(C)Cc1ccnc(-c2[c-]cccc2)c1.CC(C)Cc1ccnc(-c2[c-]cccc2)c1.CC(C)Cc1ccnc(-c2[c-]cccc2)c1.CC(C)Cc1ccnc(-c2[c-]cccc2)c1.CC1(C)OB(B2OC(C)(C)C(C)(C)O2)OC1(C)C.[Ir+3].[Ir+3]. The zero-order chi connectivity index (χ0) is 90.0. The molecule has 3 aliphatic heterocycles. The predicted octanol–water partition coefficient (Wildman–Crippen LogP) is 25.8. The summed E-state index contributed by atoms with van der Waals surface area (Å²) in [6, 6.07) is 88.5. The maximum absolute atomic E-state index is 6.16. The van der Waals surface area contributed by atoms with E-state index in [1.807, 2.05) is 220 Å². The Balaban J connectivity index is 0.000000202. The van der Waals surface area contributed by atoms with Gasteiger partial charge in [-0.2, -0.15) is 0 Å². The van der Waals surface area contributed by atoms with Crippen LogP contribution in [-0.4, -0.2) is 84.6 Å². The molecular weight excluding hydrogens is 1970 g/mol. The summed E-state index contributed by atoms with van der Waals surface area (Å²) in [7, 11) is -1.32. The minimum Gasteiger partial charge on any atom is -0.405 e. The summed E-state index contributed by atoms with van der Waals surface area (Å²) in [5.41, 5.74) is 19.1. The smallest absolute Gasteiger partial charge is 0.405 e. The molecule has 3 aliphatic rings. The monoisotopic (exact) mass is 2100 g/mol. The second-order valence-corrected chi connectivity index (χ2v) is 38.7. The van der Waals surface area contributed by atoms with E-state index in [0.717, 1.165) is 116 Å². The van der Waals surface area contributed by atoms with E-state index in [4.69, 9.17) is 27.9 Å². The van der Waals surface area contributed by atoms with Gasteiger partial charge < -0.3 is 57.8 Å². The minimum absolute atomic E-state index is 0. The minimum atomic E-state index is -0.476. The topological polar surface area (TPSA) is 133 Å². The summed E-state index contributed by atoms with van der Waals surface area (Å²) in [4.78, 5) is 26.5. The summed E-state index contributed by atoms with van der Waals surface area (Å²) in [5, 5.41) is 0. The van der Waals surface area contributed by atoms with E-state index >= 15 is 0 Å². The van der Waals surface area contributed by atoms with Crippen molar-refractivity contribution in [3.63, 3.8) is 0 Å². The third-order valence-corrected chi connectivity index (χ3v) is 22.7. The molecule has 662 valence electrons. The molecule has 18 heteroatoms. The number of hydrogen-bond donors (Lipinski definition) is 0. The van der Waals surface area contributed by atoms with Crippen molar-refractivity contribution in [1.82, 2.24) is 29.9 Å². The van der Waals surface area contributed by atoms with Gasteiger partial charge >= 0.3 is 61.3 Å². The Kier molecular flexibility index (Phi) is 40.9. The van der Waals surface area contributed by atoms with Gasteiger partial charge in [-0.05, 0) is 228 Å². The fourth-order valence-electron chi connectivity index (χ4n) is 13.9. The van der Waals surface area contributed by atoms with Crippen molar-refractivity contribution >= 4 is 42.5 Å². The van der Waals surface area contributed by atoms with E-state index < -0.39 is 14.0 Å². The number of rotatable bonds is 20. The summed E-state index contributed by atoms with van der Waals surface area (Å²) in [6.07, 6.45) is 17.8. The van der Waals surface area contributed by atoms with Gasteiger partial charge in [-0.25, -0.2) is 0 Å². The molecule has 0 unspecified atom stereocenters. The van der Waals surface area contributed by atoms with Crippen LogP contribution in [0.5, 0.6) is 0 Å². The second kappa shape index (κ2) is 49.1. The van der Waals surface area contributed by atoms with Crippen LogP contribution in [0.3, 0.4) is 0 Å². The van der Waals surface area contributed by atoms with Gasteiger partial charge in [0.2, 0.25) is 0 Å². The van der Waals surface area contributed by atoms with E-state index in [1.54, 1.807) is 0 Å². The first-order valence-corrected chi connectivity index (χ1v) is 44.9. The Labute approximate surface area is 793 Å². The van der Waals surface area contributed by atoms with Gasteiger partial charge in [0, 0.05) is 37.2 Å². The Morgan fingerprint density at radius 3 is 0.698 bits per heavy atom. The van der Waals surface area contributed by atoms with E-state index in [9.17, 15) is 0 Å². The first-order chi connectivity index (χ1) is 58.7. The molecular formula is C108H130B3BrIr2N6O6. The zero-order valence-corrected chi connectivity index (χ0v) is 85.1. The van der Waals surface area contributed by atoms with Crippen LogP contribution in [0.15, 0.2) is 248 Å². The predicted molar refractivity (Wildman–Crippen MR) is 518 cm³/mol. The molecule has 3 fully saturated rings. The van der Waals surface area contributed by atoms with Gasteiger partial charge in [-0.3, -0.25) is 0 Å². The third kappa shape index (κ3) is 32.6. The van der Waals surface area contributed by atoms with E-state index in [-0.39, 0.29) is 80.9 Å². The van der Waals surface area contributed by atoms with Gasteiger partial charge in [0.05, 0.1) is 33.6 Å². The molecule has 0 amide bonds. The fourth-order valence-corrected chi connectivity index (χ4v) is 14.2. The van der Waals surface area contributed by atoms with Crippen LogP contribution in [0.1, 0.15) is 200 Å². The molecule has 0 N–H and O–H groups in total. The molecule has 0 atom stereocenters. The quantitative estimate of drug-likeness (QED) is 0.0531. The molecule has 9 heterocycles. The zero-order valence-electron chi connectivity index (χ0n) is 78.7. The van der Waals surface area contributed by atoms with Crippen molar-refractivity contribution in [1.29, 1.82) is 0 Å². The molecule has 12 nitrogen and oxygen atoms in total. The summed E-state index contributed by atoms with van der Waals surface area (Å²) in [6.45, 7) is 51.2. The van der Waals surface area contributed by atoms with Crippen LogP contribution in [0.25, 0.3) is 67.5 Å². The van der Waals surface area contributed by atoms with Crippen molar-refractivity contribution in [2.45, 2.75) is 238 Å². The summed E-state index contributed by atoms with van der Waals surface area (Å²) >= 11 is 3.47. The average molecular weight is 2110 g/mol. The average Bonchev–Trinajstić information content (AvgIpc) is 1.60. The van der Waals surface area contributed by atoms with Crippen LogP contribution in [0.4, 0.5) is 0 Å². The van der Waals surface area contributed by atoms with Gasteiger partial charge in [-0.15, -0.1) is 209 Å². The summed E-state index contributed by atoms with van der Waals surface area (Å²) < 4.78 is 37.2.